The molecular weight excluding hydrogens is 478 g/mol. The Labute approximate surface area is 191 Å². The second-order valence-electron chi connectivity index (χ2n) is 6.30. The topological polar surface area (TPSA) is 152 Å². The second kappa shape index (κ2) is 10.1. The predicted molar refractivity (Wildman–Crippen MR) is 118 cm³/mol. The fourth-order valence-corrected chi connectivity index (χ4v) is 4.84. The van der Waals surface area contributed by atoms with E-state index >= 15 is 0 Å². The molecule has 0 amide bonds. The lowest BCUT2D eigenvalue weighted by Gasteiger charge is -2.08. The van der Waals surface area contributed by atoms with Gasteiger partial charge < -0.3 is 9.47 Å². The summed E-state index contributed by atoms with van der Waals surface area (Å²) in [6.45, 7) is 1.72. The average Bonchev–Trinajstić information content (AvgIpc) is 3.15. The number of nitro groups is 1. The Morgan fingerprint density at radius 2 is 1.94 bits per heavy atom. The number of hydrogen-bond donors (Lipinski definition) is 1. The molecule has 3 aromatic rings. The number of rotatable bonds is 9. The minimum Gasteiger partial charge on any atom is -0.490 e. The number of carbonyl (C=O) groups is 1. The standard InChI is InChI=1S/C19H17N3O7S3/c1-12-11-30-19(21-12)31-17-7-2-13(10-16(17)22(24)25)18(23)29-9-8-28-14-3-5-15(6-4-14)32(20,26)27/h2-7,10-11H,8-9H2,1H3,(H2,20,26,27). The number of carbonyl (C=O) groups excluding carboxylic acids is 1. The number of aryl methyl sites for hydroxylation is 1. The molecule has 2 aromatic carbocycles. The summed E-state index contributed by atoms with van der Waals surface area (Å²) in [6, 6.07) is 9.53. The number of ether oxygens (including phenoxy) is 2. The normalized spacial score (nSPS) is 11.2. The molecule has 2 N–H and O–H groups in total. The third-order valence-electron chi connectivity index (χ3n) is 3.92. The lowest BCUT2D eigenvalue weighted by molar-refractivity contribution is -0.387. The molecule has 1 aromatic heterocycles. The average molecular weight is 496 g/mol. The third-order valence-corrected chi connectivity index (χ3v) is 6.97. The van der Waals surface area contributed by atoms with Gasteiger partial charge in [-0.05, 0) is 43.3 Å². The van der Waals surface area contributed by atoms with Crippen LogP contribution in [0.2, 0.25) is 0 Å². The molecule has 10 nitrogen and oxygen atoms in total. The van der Waals surface area contributed by atoms with E-state index in [0.29, 0.717) is 15.0 Å². The van der Waals surface area contributed by atoms with Crippen LogP contribution >= 0.6 is 23.1 Å². The van der Waals surface area contributed by atoms with Crippen LogP contribution in [0.25, 0.3) is 0 Å². The van der Waals surface area contributed by atoms with Crippen molar-refractivity contribution >= 4 is 44.8 Å². The van der Waals surface area contributed by atoms with E-state index in [1.165, 1.54) is 47.7 Å². The van der Waals surface area contributed by atoms with Crippen LogP contribution in [0.3, 0.4) is 0 Å². The van der Waals surface area contributed by atoms with Crippen molar-refractivity contribution in [3.05, 3.63) is 69.2 Å². The molecule has 0 unspecified atom stereocenters. The molecule has 0 aliphatic heterocycles. The van der Waals surface area contributed by atoms with Gasteiger partial charge in [-0.15, -0.1) is 11.3 Å². The zero-order chi connectivity index (χ0) is 23.3. The Kier molecular flexibility index (Phi) is 7.45. The molecule has 32 heavy (non-hydrogen) atoms. The SMILES string of the molecule is Cc1csc(Sc2ccc(C(=O)OCCOc3ccc(S(N)(=O)=O)cc3)cc2[N+](=O)[O-])n1. The van der Waals surface area contributed by atoms with Crippen molar-refractivity contribution in [3.8, 4) is 5.75 Å². The van der Waals surface area contributed by atoms with Gasteiger partial charge in [0.1, 0.15) is 19.0 Å². The molecule has 1 heterocycles. The molecule has 0 aliphatic carbocycles. The fourth-order valence-electron chi connectivity index (χ4n) is 2.45. The largest absolute Gasteiger partial charge is 0.490 e. The van der Waals surface area contributed by atoms with E-state index in [1.807, 2.05) is 12.3 Å². The number of aromatic nitrogens is 1. The number of thiazole rings is 1. The van der Waals surface area contributed by atoms with Gasteiger partial charge in [-0.1, -0.05) is 11.8 Å². The molecule has 168 valence electrons. The highest BCUT2D eigenvalue weighted by molar-refractivity contribution is 8.01. The van der Waals surface area contributed by atoms with Crippen molar-refractivity contribution in [3.63, 3.8) is 0 Å². The second-order valence-corrected chi connectivity index (χ2v) is 10.0. The lowest BCUT2D eigenvalue weighted by atomic mass is 10.2. The van der Waals surface area contributed by atoms with Gasteiger partial charge in [-0.3, -0.25) is 10.1 Å². The van der Waals surface area contributed by atoms with E-state index < -0.39 is 20.9 Å². The van der Waals surface area contributed by atoms with Gasteiger partial charge in [0.2, 0.25) is 10.0 Å². The summed E-state index contributed by atoms with van der Waals surface area (Å²) in [5, 5.41) is 18.3. The molecule has 3 rings (SSSR count). The molecule has 0 fully saturated rings. The number of nitrogens with zero attached hydrogens (tertiary/aromatic N) is 2. The highest BCUT2D eigenvalue weighted by atomic mass is 32.2. The van der Waals surface area contributed by atoms with Crippen LogP contribution < -0.4 is 9.88 Å². The number of nitrogens with two attached hydrogens (primary N) is 1. The first-order valence-corrected chi connectivity index (χ1v) is 12.2. The highest BCUT2D eigenvalue weighted by Crippen LogP contribution is 2.36. The van der Waals surface area contributed by atoms with Gasteiger partial charge in [0.15, 0.2) is 4.34 Å². The molecule has 0 bridgehead atoms. The maximum absolute atomic E-state index is 12.3. The Bertz CT molecular complexity index is 1240. The van der Waals surface area contributed by atoms with E-state index in [1.54, 1.807) is 0 Å². The Balaban J connectivity index is 1.57. The summed E-state index contributed by atoms with van der Waals surface area (Å²) in [5.41, 5.74) is 0.639. The number of esters is 1. The van der Waals surface area contributed by atoms with Crippen LogP contribution in [-0.4, -0.2) is 37.5 Å². The summed E-state index contributed by atoms with van der Waals surface area (Å²) >= 11 is 2.53. The minimum atomic E-state index is -3.79. The molecule has 0 spiro atoms. The molecular formula is C19H17N3O7S3. The van der Waals surface area contributed by atoms with E-state index in [4.69, 9.17) is 14.6 Å². The van der Waals surface area contributed by atoms with Crippen LogP contribution in [0.5, 0.6) is 5.75 Å². The Hall–Kier alpha value is -3.00. The highest BCUT2D eigenvalue weighted by Gasteiger charge is 2.20. The number of benzene rings is 2. The maximum Gasteiger partial charge on any atom is 0.338 e. The summed E-state index contributed by atoms with van der Waals surface area (Å²) < 4.78 is 33.6. The molecule has 0 aliphatic rings. The first kappa shape index (κ1) is 23.7. The van der Waals surface area contributed by atoms with Crippen LogP contribution in [-0.2, 0) is 14.8 Å². The van der Waals surface area contributed by atoms with E-state index in [-0.39, 0.29) is 29.4 Å². The summed E-state index contributed by atoms with van der Waals surface area (Å²) in [6.07, 6.45) is 0. The van der Waals surface area contributed by atoms with Crippen LogP contribution in [0.1, 0.15) is 16.1 Å². The monoisotopic (exact) mass is 495 g/mol. The zero-order valence-corrected chi connectivity index (χ0v) is 19.0. The first-order chi connectivity index (χ1) is 15.1. The van der Waals surface area contributed by atoms with Gasteiger partial charge in [0, 0.05) is 17.1 Å². The number of primary sulfonamides is 1. The lowest BCUT2D eigenvalue weighted by Crippen LogP contribution is -2.13. The predicted octanol–water partition coefficient (Wildman–Crippen LogP) is 3.39. The number of hydrogen-bond acceptors (Lipinski definition) is 10. The minimum absolute atomic E-state index is 0.000110. The molecule has 0 saturated heterocycles. The Morgan fingerprint density at radius 3 is 2.53 bits per heavy atom. The first-order valence-electron chi connectivity index (χ1n) is 8.95. The van der Waals surface area contributed by atoms with Crippen LogP contribution in [0.4, 0.5) is 5.69 Å². The van der Waals surface area contributed by atoms with Gasteiger partial charge in [-0.2, -0.15) is 0 Å². The summed E-state index contributed by atoms with van der Waals surface area (Å²) in [7, 11) is -3.79. The maximum atomic E-state index is 12.3. The molecule has 0 atom stereocenters. The van der Waals surface area contributed by atoms with E-state index in [9.17, 15) is 23.3 Å². The van der Waals surface area contributed by atoms with Crippen LogP contribution in [0, 0.1) is 17.0 Å². The van der Waals surface area contributed by atoms with Crippen LogP contribution in [0.15, 0.2) is 62.0 Å². The molecule has 0 saturated carbocycles. The summed E-state index contributed by atoms with van der Waals surface area (Å²) in [4.78, 5) is 27.7. The van der Waals surface area contributed by atoms with Crippen molar-refractivity contribution in [2.45, 2.75) is 21.1 Å². The van der Waals surface area contributed by atoms with Gasteiger partial charge in [-0.25, -0.2) is 23.3 Å². The summed E-state index contributed by atoms with van der Waals surface area (Å²) in [5.74, 6) is -0.370. The van der Waals surface area contributed by atoms with Gasteiger partial charge >= 0.3 is 5.97 Å². The van der Waals surface area contributed by atoms with Crippen molar-refractivity contribution in [2.75, 3.05) is 13.2 Å². The zero-order valence-electron chi connectivity index (χ0n) is 16.6. The van der Waals surface area contributed by atoms with Crippen molar-refractivity contribution in [2.24, 2.45) is 5.14 Å². The quantitative estimate of drug-likeness (QED) is 0.204. The van der Waals surface area contributed by atoms with Crippen molar-refractivity contribution < 1.29 is 27.6 Å². The molecule has 13 heteroatoms. The van der Waals surface area contributed by atoms with Gasteiger partial charge in [0.25, 0.3) is 5.69 Å². The molecule has 0 radical (unpaired) electrons. The van der Waals surface area contributed by atoms with Crippen molar-refractivity contribution in [1.82, 2.24) is 4.98 Å². The van der Waals surface area contributed by atoms with E-state index in [2.05, 4.69) is 4.98 Å². The smallest absolute Gasteiger partial charge is 0.338 e. The Morgan fingerprint density at radius 1 is 1.22 bits per heavy atom. The fraction of sp³-hybridized carbons (Fsp3) is 0.158. The number of nitro benzene ring substituents is 1. The third kappa shape index (κ3) is 6.26. The van der Waals surface area contributed by atoms with Crippen molar-refractivity contribution in [1.29, 1.82) is 0 Å². The van der Waals surface area contributed by atoms with E-state index in [0.717, 1.165) is 23.5 Å². The number of sulfonamides is 1. The van der Waals surface area contributed by atoms with Gasteiger partial charge in [0.05, 0.1) is 20.3 Å².